The highest BCUT2D eigenvalue weighted by Gasteiger charge is 2.14. The summed E-state index contributed by atoms with van der Waals surface area (Å²) < 4.78 is 0. The van der Waals surface area contributed by atoms with Crippen LogP contribution in [0.5, 0.6) is 0 Å². The molecule has 28 heavy (non-hydrogen) atoms. The number of nitrogens with one attached hydrogen (secondary N) is 2. The molecule has 0 spiro atoms. The van der Waals surface area contributed by atoms with Gasteiger partial charge in [-0.2, -0.15) is 5.26 Å². The first-order valence-electron chi connectivity index (χ1n) is 8.61. The molecule has 5 nitrogen and oxygen atoms in total. The predicted octanol–water partition coefficient (Wildman–Crippen LogP) is 4.38. The fourth-order valence-corrected chi connectivity index (χ4v) is 2.57. The summed E-state index contributed by atoms with van der Waals surface area (Å²) in [5.41, 5.74) is 2.00. The Morgan fingerprint density at radius 1 is 0.821 bits per heavy atom. The average Bonchev–Trinajstić information content (AvgIpc) is 2.75. The zero-order valence-corrected chi connectivity index (χ0v) is 14.9. The van der Waals surface area contributed by atoms with Crippen molar-refractivity contribution >= 4 is 23.1 Å². The third-order valence-electron chi connectivity index (χ3n) is 3.98. The molecule has 0 saturated carbocycles. The molecule has 0 atom stereocenters. The van der Waals surface area contributed by atoms with Gasteiger partial charge in [-0.1, -0.05) is 60.7 Å². The molecule has 0 aromatic heterocycles. The molecule has 0 saturated heterocycles. The van der Waals surface area contributed by atoms with E-state index in [9.17, 15) is 14.9 Å². The molecule has 3 aromatic rings. The summed E-state index contributed by atoms with van der Waals surface area (Å²) in [6.07, 6.45) is 1.30. The number of nitrogens with zero attached hydrogens (tertiary/aromatic N) is 1. The Hall–Kier alpha value is -4.17. The Kier molecular flexibility index (Phi) is 5.96. The molecular formula is C23H17N3O2. The summed E-state index contributed by atoms with van der Waals surface area (Å²) in [5.74, 6) is -0.683. The van der Waals surface area contributed by atoms with Crippen molar-refractivity contribution in [1.29, 1.82) is 5.26 Å². The maximum atomic E-state index is 12.8. The van der Waals surface area contributed by atoms with E-state index < -0.39 is 5.91 Å². The van der Waals surface area contributed by atoms with Crippen LogP contribution in [0, 0.1) is 11.3 Å². The monoisotopic (exact) mass is 367 g/mol. The molecule has 2 N–H and O–H groups in total. The molecule has 1 amide bonds. The smallest absolute Gasteiger partial charge is 0.267 e. The molecule has 0 fully saturated rings. The van der Waals surface area contributed by atoms with E-state index in [1.54, 1.807) is 72.8 Å². The number of hydrogen-bond donors (Lipinski definition) is 2. The largest absolute Gasteiger partial charge is 0.360 e. The number of anilines is 2. The minimum Gasteiger partial charge on any atom is -0.360 e. The lowest BCUT2D eigenvalue weighted by Crippen LogP contribution is -2.14. The highest BCUT2D eigenvalue weighted by molar-refractivity contribution is 6.12. The van der Waals surface area contributed by atoms with Crippen molar-refractivity contribution < 1.29 is 9.59 Å². The number of amides is 1. The van der Waals surface area contributed by atoms with Gasteiger partial charge in [0.1, 0.15) is 11.6 Å². The lowest BCUT2D eigenvalue weighted by atomic mass is 10.0. The average molecular weight is 367 g/mol. The summed E-state index contributed by atoms with van der Waals surface area (Å²) >= 11 is 0. The molecule has 3 rings (SSSR count). The Bertz CT molecular complexity index is 1050. The number of para-hydroxylation sites is 2. The summed E-state index contributed by atoms with van der Waals surface area (Å²) in [7, 11) is 0. The summed E-state index contributed by atoms with van der Waals surface area (Å²) in [4.78, 5) is 25.0. The van der Waals surface area contributed by atoms with E-state index in [1.165, 1.54) is 6.20 Å². The van der Waals surface area contributed by atoms with E-state index in [0.717, 1.165) is 0 Å². The first-order valence-corrected chi connectivity index (χ1v) is 8.61. The normalized spacial score (nSPS) is 10.6. The van der Waals surface area contributed by atoms with Crippen LogP contribution in [0.25, 0.3) is 0 Å². The number of carbonyl (C=O) groups excluding carboxylic acids is 2. The first-order chi connectivity index (χ1) is 13.7. The summed E-state index contributed by atoms with van der Waals surface area (Å²) in [5, 5.41) is 14.9. The van der Waals surface area contributed by atoms with Crippen LogP contribution >= 0.6 is 0 Å². The Morgan fingerprint density at radius 3 is 2.11 bits per heavy atom. The highest BCUT2D eigenvalue weighted by atomic mass is 16.1. The number of rotatable bonds is 6. The van der Waals surface area contributed by atoms with Gasteiger partial charge in [0.05, 0.1) is 0 Å². The van der Waals surface area contributed by atoms with Crippen molar-refractivity contribution in [2.75, 3.05) is 10.6 Å². The third-order valence-corrected chi connectivity index (χ3v) is 3.98. The fraction of sp³-hybridized carbons (Fsp3) is 0. The first kappa shape index (κ1) is 18.6. The van der Waals surface area contributed by atoms with Crippen molar-refractivity contribution in [1.82, 2.24) is 0 Å². The number of carbonyl (C=O) groups is 2. The minimum atomic E-state index is -0.534. The van der Waals surface area contributed by atoms with E-state index >= 15 is 0 Å². The Balaban J connectivity index is 1.80. The van der Waals surface area contributed by atoms with Crippen LogP contribution in [0.1, 0.15) is 15.9 Å². The van der Waals surface area contributed by atoms with Crippen LogP contribution in [0.15, 0.2) is 96.7 Å². The molecule has 0 radical (unpaired) electrons. The van der Waals surface area contributed by atoms with Crippen molar-refractivity contribution in [3.63, 3.8) is 0 Å². The van der Waals surface area contributed by atoms with Gasteiger partial charge in [0.15, 0.2) is 5.78 Å². The van der Waals surface area contributed by atoms with Gasteiger partial charge >= 0.3 is 0 Å². The van der Waals surface area contributed by atoms with Gasteiger partial charge in [-0.05, 0) is 24.3 Å². The van der Waals surface area contributed by atoms with Crippen molar-refractivity contribution in [3.05, 3.63) is 108 Å². The maximum absolute atomic E-state index is 12.8. The fourth-order valence-electron chi connectivity index (χ4n) is 2.57. The Morgan fingerprint density at radius 2 is 1.43 bits per heavy atom. The molecule has 5 heteroatoms. The van der Waals surface area contributed by atoms with Crippen molar-refractivity contribution in [2.24, 2.45) is 0 Å². The van der Waals surface area contributed by atoms with Crippen LogP contribution in [-0.2, 0) is 4.79 Å². The maximum Gasteiger partial charge on any atom is 0.267 e. The number of benzene rings is 3. The van der Waals surface area contributed by atoms with E-state index in [2.05, 4.69) is 10.6 Å². The third kappa shape index (κ3) is 4.51. The van der Waals surface area contributed by atoms with E-state index in [-0.39, 0.29) is 11.4 Å². The van der Waals surface area contributed by atoms with Gasteiger partial charge in [0.2, 0.25) is 0 Å². The van der Waals surface area contributed by atoms with Crippen LogP contribution in [0.4, 0.5) is 11.4 Å². The molecule has 0 bridgehead atoms. The molecule has 0 aliphatic heterocycles. The summed E-state index contributed by atoms with van der Waals surface area (Å²) in [6, 6.07) is 26.6. The quantitative estimate of drug-likeness (QED) is 0.385. The second-order valence-electron chi connectivity index (χ2n) is 5.88. The zero-order valence-electron chi connectivity index (χ0n) is 14.9. The second-order valence-corrected chi connectivity index (χ2v) is 5.88. The molecule has 0 aliphatic rings. The lowest BCUT2D eigenvalue weighted by molar-refractivity contribution is -0.112. The van der Waals surface area contributed by atoms with Crippen LogP contribution < -0.4 is 10.6 Å². The topological polar surface area (TPSA) is 82.0 Å². The van der Waals surface area contributed by atoms with Crippen molar-refractivity contribution in [2.45, 2.75) is 0 Å². The summed E-state index contributed by atoms with van der Waals surface area (Å²) in [6.45, 7) is 0. The number of ketones is 1. The zero-order chi connectivity index (χ0) is 19.8. The van der Waals surface area contributed by atoms with Gasteiger partial charge in [-0.25, -0.2) is 0 Å². The molecule has 3 aromatic carbocycles. The van der Waals surface area contributed by atoms with Gasteiger partial charge in [0, 0.05) is 28.7 Å². The number of hydrogen-bond acceptors (Lipinski definition) is 4. The van der Waals surface area contributed by atoms with Crippen molar-refractivity contribution in [3.8, 4) is 6.07 Å². The standard InChI is InChI=1S/C23H17N3O2/c24-15-18(23(28)26-19-11-5-2-6-12-19)16-25-21-14-8-7-13-20(21)22(27)17-9-3-1-4-10-17/h1-14,16,25H,(H,26,28). The van der Waals surface area contributed by atoms with Gasteiger partial charge in [-0.3, -0.25) is 9.59 Å². The van der Waals surface area contributed by atoms with Gasteiger partial charge < -0.3 is 10.6 Å². The second kappa shape index (κ2) is 8.97. The molecule has 0 aliphatic carbocycles. The van der Waals surface area contributed by atoms with E-state index in [1.807, 2.05) is 18.2 Å². The van der Waals surface area contributed by atoms with E-state index in [0.29, 0.717) is 22.5 Å². The Labute approximate surface area is 162 Å². The van der Waals surface area contributed by atoms with Gasteiger partial charge in [-0.15, -0.1) is 0 Å². The highest BCUT2D eigenvalue weighted by Crippen LogP contribution is 2.20. The molecular weight excluding hydrogens is 350 g/mol. The predicted molar refractivity (Wildman–Crippen MR) is 109 cm³/mol. The SMILES string of the molecule is N#CC(=CNc1ccccc1C(=O)c1ccccc1)C(=O)Nc1ccccc1. The number of nitriles is 1. The molecule has 0 unspecified atom stereocenters. The molecule has 136 valence electrons. The van der Waals surface area contributed by atoms with Crippen LogP contribution in [0.2, 0.25) is 0 Å². The van der Waals surface area contributed by atoms with E-state index in [4.69, 9.17) is 0 Å². The minimum absolute atomic E-state index is 0.106. The van der Waals surface area contributed by atoms with Crippen LogP contribution in [-0.4, -0.2) is 11.7 Å². The van der Waals surface area contributed by atoms with Crippen LogP contribution in [0.3, 0.4) is 0 Å². The van der Waals surface area contributed by atoms with Gasteiger partial charge in [0.25, 0.3) is 5.91 Å². The lowest BCUT2D eigenvalue weighted by Gasteiger charge is -2.09. The molecule has 0 heterocycles.